The van der Waals surface area contributed by atoms with E-state index in [9.17, 15) is 0 Å². The fourth-order valence-corrected chi connectivity index (χ4v) is 2.58. The van der Waals surface area contributed by atoms with Crippen LogP contribution in [0.5, 0.6) is 0 Å². The van der Waals surface area contributed by atoms with Gasteiger partial charge in [-0.05, 0) is 45.3 Å². The highest BCUT2D eigenvalue weighted by molar-refractivity contribution is 4.80. The predicted octanol–water partition coefficient (Wildman–Crippen LogP) is 1.69. The van der Waals surface area contributed by atoms with Gasteiger partial charge in [-0.15, -0.1) is 0 Å². The van der Waals surface area contributed by atoms with E-state index in [0.29, 0.717) is 11.6 Å². The van der Waals surface area contributed by atoms with Crippen LogP contribution < -0.4 is 5.32 Å². The Kier molecular flexibility index (Phi) is 3.88. The van der Waals surface area contributed by atoms with Gasteiger partial charge in [0.1, 0.15) is 6.23 Å². The second kappa shape index (κ2) is 5.03. The highest BCUT2D eigenvalue weighted by Gasteiger charge is 2.29. The van der Waals surface area contributed by atoms with Crippen molar-refractivity contribution in [2.75, 3.05) is 33.3 Å². The minimum absolute atomic E-state index is 0.307. The van der Waals surface area contributed by atoms with Crippen molar-refractivity contribution in [1.82, 2.24) is 10.2 Å². The summed E-state index contributed by atoms with van der Waals surface area (Å²) in [5, 5.41) is 3.53. The molecule has 0 amide bonds. The smallest absolute Gasteiger partial charge is 0.108 e. The van der Waals surface area contributed by atoms with Crippen molar-refractivity contribution in [3.63, 3.8) is 0 Å². The van der Waals surface area contributed by atoms with E-state index in [1.54, 1.807) is 0 Å². The van der Waals surface area contributed by atoms with Crippen molar-refractivity contribution in [1.29, 1.82) is 0 Å². The van der Waals surface area contributed by atoms with Crippen LogP contribution in [0.2, 0.25) is 0 Å². The molecule has 0 aliphatic carbocycles. The number of ether oxygens (including phenoxy) is 1. The summed E-state index contributed by atoms with van der Waals surface area (Å²) in [4.78, 5) is 2.43. The summed E-state index contributed by atoms with van der Waals surface area (Å²) in [5.74, 6) is 0.856. The molecule has 16 heavy (non-hydrogen) atoms. The number of nitrogens with one attached hydrogen (secondary N) is 1. The zero-order valence-corrected chi connectivity index (χ0v) is 11.0. The van der Waals surface area contributed by atoms with E-state index in [1.807, 2.05) is 0 Å². The molecule has 0 spiro atoms. The standard InChI is InChI=1S/C13H26N2O/c1-13(2)9-14-12(16-10-13)8-11-4-6-15(3)7-5-11/h11-12,14H,4-10H2,1-3H3. The van der Waals surface area contributed by atoms with Gasteiger partial charge in [-0.1, -0.05) is 13.8 Å². The van der Waals surface area contributed by atoms with Gasteiger partial charge in [0.2, 0.25) is 0 Å². The molecule has 94 valence electrons. The normalized spacial score (nSPS) is 32.8. The van der Waals surface area contributed by atoms with Crippen molar-refractivity contribution in [2.24, 2.45) is 11.3 Å². The fourth-order valence-electron chi connectivity index (χ4n) is 2.58. The zero-order valence-electron chi connectivity index (χ0n) is 11.0. The van der Waals surface area contributed by atoms with Crippen LogP contribution in [0, 0.1) is 11.3 Å². The van der Waals surface area contributed by atoms with Crippen molar-refractivity contribution in [3.05, 3.63) is 0 Å². The van der Waals surface area contributed by atoms with Gasteiger partial charge in [-0.3, -0.25) is 5.32 Å². The first-order chi connectivity index (χ1) is 7.55. The molecule has 0 aromatic heterocycles. The molecule has 2 rings (SSSR count). The third-order valence-electron chi connectivity index (χ3n) is 3.87. The zero-order chi connectivity index (χ0) is 11.6. The van der Waals surface area contributed by atoms with Crippen molar-refractivity contribution >= 4 is 0 Å². The molecule has 1 atom stereocenters. The van der Waals surface area contributed by atoms with E-state index < -0.39 is 0 Å². The molecule has 2 heterocycles. The Morgan fingerprint density at radius 3 is 2.56 bits per heavy atom. The Hall–Kier alpha value is -0.120. The molecule has 3 nitrogen and oxygen atoms in total. The summed E-state index contributed by atoms with van der Waals surface area (Å²) in [6.07, 6.45) is 4.17. The molecule has 2 fully saturated rings. The maximum Gasteiger partial charge on any atom is 0.108 e. The Morgan fingerprint density at radius 1 is 1.31 bits per heavy atom. The van der Waals surface area contributed by atoms with Crippen LogP contribution in [0.15, 0.2) is 0 Å². The quantitative estimate of drug-likeness (QED) is 0.775. The van der Waals surface area contributed by atoms with Gasteiger partial charge in [0, 0.05) is 12.0 Å². The number of likely N-dealkylation sites (tertiary alicyclic amines) is 1. The number of hydrogen-bond acceptors (Lipinski definition) is 3. The largest absolute Gasteiger partial charge is 0.363 e. The summed E-state index contributed by atoms with van der Waals surface area (Å²) < 4.78 is 5.90. The third-order valence-corrected chi connectivity index (χ3v) is 3.87. The van der Waals surface area contributed by atoms with Gasteiger partial charge in [0.25, 0.3) is 0 Å². The van der Waals surface area contributed by atoms with Crippen LogP contribution in [0.4, 0.5) is 0 Å². The van der Waals surface area contributed by atoms with Crippen LogP contribution >= 0.6 is 0 Å². The number of rotatable bonds is 2. The van der Waals surface area contributed by atoms with Gasteiger partial charge in [0.05, 0.1) is 6.61 Å². The van der Waals surface area contributed by atoms with Crippen LogP contribution in [0.3, 0.4) is 0 Å². The first-order valence-electron chi connectivity index (χ1n) is 6.59. The Labute approximate surface area is 99.5 Å². The van der Waals surface area contributed by atoms with Crippen LogP contribution in [0.1, 0.15) is 33.1 Å². The Balaban J connectivity index is 1.71. The van der Waals surface area contributed by atoms with E-state index >= 15 is 0 Å². The molecule has 0 aromatic carbocycles. The fraction of sp³-hybridized carbons (Fsp3) is 1.00. The average molecular weight is 226 g/mol. The van der Waals surface area contributed by atoms with Crippen molar-refractivity contribution in [2.45, 2.75) is 39.3 Å². The Morgan fingerprint density at radius 2 is 2.00 bits per heavy atom. The molecule has 0 saturated carbocycles. The second-order valence-electron chi connectivity index (χ2n) is 6.33. The van der Waals surface area contributed by atoms with Gasteiger partial charge in [0.15, 0.2) is 0 Å². The molecule has 0 radical (unpaired) electrons. The highest BCUT2D eigenvalue weighted by Crippen LogP contribution is 2.25. The molecule has 2 saturated heterocycles. The van der Waals surface area contributed by atoms with Crippen molar-refractivity contribution in [3.8, 4) is 0 Å². The summed E-state index contributed by atoms with van der Waals surface area (Å²) in [5.41, 5.74) is 0.309. The molecule has 2 aliphatic heterocycles. The highest BCUT2D eigenvalue weighted by atomic mass is 16.5. The molecule has 2 aliphatic rings. The van der Waals surface area contributed by atoms with Crippen LogP contribution in [0.25, 0.3) is 0 Å². The number of hydrogen-bond donors (Lipinski definition) is 1. The minimum atomic E-state index is 0.307. The minimum Gasteiger partial charge on any atom is -0.363 e. The van der Waals surface area contributed by atoms with Crippen LogP contribution in [-0.4, -0.2) is 44.4 Å². The first-order valence-corrected chi connectivity index (χ1v) is 6.59. The summed E-state index contributed by atoms with van der Waals surface area (Å²) in [7, 11) is 2.22. The lowest BCUT2D eigenvalue weighted by Crippen LogP contribution is -2.48. The lowest BCUT2D eigenvalue weighted by atomic mass is 9.90. The average Bonchev–Trinajstić information content (AvgIpc) is 2.24. The van der Waals surface area contributed by atoms with Gasteiger partial charge >= 0.3 is 0 Å². The summed E-state index contributed by atoms with van der Waals surface area (Å²) in [6.45, 7) is 9.00. The number of piperidine rings is 1. The topological polar surface area (TPSA) is 24.5 Å². The van der Waals surface area contributed by atoms with E-state index in [4.69, 9.17) is 4.74 Å². The SMILES string of the molecule is CN1CCC(CC2NCC(C)(C)CO2)CC1. The summed E-state index contributed by atoms with van der Waals surface area (Å²) >= 11 is 0. The Bertz CT molecular complexity index is 212. The molecular formula is C13H26N2O. The van der Waals surface area contributed by atoms with Crippen LogP contribution in [-0.2, 0) is 4.74 Å². The molecular weight excluding hydrogens is 200 g/mol. The molecule has 0 aromatic rings. The summed E-state index contributed by atoms with van der Waals surface area (Å²) in [6, 6.07) is 0. The van der Waals surface area contributed by atoms with E-state index in [0.717, 1.165) is 19.1 Å². The van der Waals surface area contributed by atoms with E-state index in [2.05, 4.69) is 31.1 Å². The molecule has 0 bridgehead atoms. The molecule has 1 unspecified atom stereocenters. The molecule has 1 N–H and O–H groups in total. The maximum absolute atomic E-state index is 5.90. The maximum atomic E-state index is 5.90. The molecule has 3 heteroatoms. The number of nitrogens with zero attached hydrogens (tertiary/aromatic N) is 1. The van der Waals surface area contributed by atoms with Crippen molar-refractivity contribution < 1.29 is 4.74 Å². The second-order valence-corrected chi connectivity index (χ2v) is 6.33. The first kappa shape index (κ1) is 12.3. The lowest BCUT2D eigenvalue weighted by Gasteiger charge is -2.38. The van der Waals surface area contributed by atoms with E-state index in [1.165, 1.54) is 32.4 Å². The predicted molar refractivity (Wildman–Crippen MR) is 66.4 cm³/mol. The monoisotopic (exact) mass is 226 g/mol. The van der Waals surface area contributed by atoms with E-state index in [-0.39, 0.29) is 0 Å². The third kappa shape index (κ3) is 3.44. The lowest BCUT2D eigenvalue weighted by molar-refractivity contribution is -0.0699. The van der Waals surface area contributed by atoms with Gasteiger partial charge < -0.3 is 9.64 Å². The van der Waals surface area contributed by atoms with Gasteiger partial charge in [-0.25, -0.2) is 0 Å². The van der Waals surface area contributed by atoms with Gasteiger partial charge in [-0.2, -0.15) is 0 Å².